The van der Waals surface area contributed by atoms with Gasteiger partial charge in [-0.2, -0.15) is 0 Å². The van der Waals surface area contributed by atoms with Crippen molar-refractivity contribution in [1.82, 2.24) is 5.32 Å². The van der Waals surface area contributed by atoms with E-state index in [1.165, 1.54) is 347 Å². The van der Waals surface area contributed by atoms with Crippen molar-refractivity contribution in [2.24, 2.45) is 0 Å². The molecule has 0 heterocycles. The maximum absolute atomic E-state index is 12.6. The zero-order chi connectivity index (χ0) is 55.7. The number of hydrogen-bond acceptors (Lipinski definition) is 5. The lowest BCUT2D eigenvalue weighted by Gasteiger charge is -2.22. The highest BCUT2D eigenvalue weighted by Gasteiger charge is 2.20. The predicted octanol–water partition coefficient (Wildman–Crippen LogP) is 23.0. The molecular formula is C71H141NO5. The monoisotopic (exact) mass is 1090 g/mol. The Hall–Kier alpha value is -1.14. The Balaban J connectivity index is 3.37. The van der Waals surface area contributed by atoms with Crippen LogP contribution in [0.4, 0.5) is 0 Å². The molecule has 0 saturated heterocycles. The third-order valence-corrected chi connectivity index (χ3v) is 17.2. The molecule has 0 aromatic carbocycles. The first-order chi connectivity index (χ1) is 38.0. The molecule has 0 bridgehead atoms. The molecule has 0 saturated carbocycles. The molecule has 0 fully saturated rings. The second-order valence-corrected chi connectivity index (χ2v) is 24.9. The van der Waals surface area contributed by atoms with E-state index >= 15 is 0 Å². The summed E-state index contributed by atoms with van der Waals surface area (Å²) in [7, 11) is 0. The average Bonchev–Trinajstić information content (AvgIpc) is 3.43. The number of esters is 1. The SMILES string of the molecule is CCCCCCCCCCCCCCCCCCCCCCCCCCCC(O)C(CO)NC(=O)CCCCCCCCCCCCCCCCCCCCCCCCCOC(=O)CCCCCCCCCCCCCC. The van der Waals surface area contributed by atoms with Crippen molar-refractivity contribution in [3.05, 3.63) is 0 Å². The van der Waals surface area contributed by atoms with Gasteiger partial charge in [-0.15, -0.1) is 0 Å². The van der Waals surface area contributed by atoms with E-state index < -0.39 is 12.1 Å². The molecular weight excluding hydrogens is 947 g/mol. The van der Waals surface area contributed by atoms with Crippen LogP contribution >= 0.6 is 0 Å². The van der Waals surface area contributed by atoms with Crippen LogP contribution in [-0.2, 0) is 14.3 Å². The Labute approximate surface area is 483 Å². The van der Waals surface area contributed by atoms with Gasteiger partial charge in [0.2, 0.25) is 5.91 Å². The van der Waals surface area contributed by atoms with Gasteiger partial charge in [0.1, 0.15) is 0 Å². The molecule has 460 valence electrons. The van der Waals surface area contributed by atoms with E-state index in [4.69, 9.17) is 4.74 Å². The van der Waals surface area contributed by atoms with Gasteiger partial charge < -0.3 is 20.3 Å². The Morgan fingerprint density at radius 1 is 0.312 bits per heavy atom. The molecule has 0 aliphatic carbocycles. The van der Waals surface area contributed by atoms with E-state index in [9.17, 15) is 19.8 Å². The summed E-state index contributed by atoms with van der Waals surface area (Å²) in [5.74, 6) is -0.0116. The Bertz CT molecular complexity index is 1120. The molecule has 0 spiro atoms. The number of aliphatic hydroxyl groups excluding tert-OH is 2. The van der Waals surface area contributed by atoms with Crippen molar-refractivity contribution >= 4 is 11.9 Å². The van der Waals surface area contributed by atoms with Crippen molar-refractivity contribution in [3.63, 3.8) is 0 Å². The predicted molar refractivity (Wildman–Crippen MR) is 338 cm³/mol. The van der Waals surface area contributed by atoms with E-state index in [2.05, 4.69) is 19.2 Å². The summed E-state index contributed by atoms with van der Waals surface area (Å²) in [4.78, 5) is 24.6. The molecule has 0 aliphatic heterocycles. The number of ether oxygens (including phenoxy) is 1. The number of unbranched alkanes of at least 4 members (excludes halogenated alkanes) is 57. The topological polar surface area (TPSA) is 95.9 Å². The van der Waals surface area contributed by atoms with Gasteiger partial charge in [-0.05, 0) is 25.7 Å². The van der Waals surface area contributed by atoms with Crippen LogP contribution in [0.15, 0.2) is 0 Å². The van der Waals surface area contributed by atoms with Gasteiger partial charge in [0, 0.05) is 12.8 Å². The number of carbonyl (C=O) groups excluding carboxylic acids is 2. The van der Waals surface area contributed by atoms with Crippen LogP contribution in [0, 0.1) is 0 Å². The van der Waals surface area contributed by atoms with Crippen molar-refractivity contribution in [1.29, 1.82) is 0 Å². The second-order valence-electron chi connectivity index (χ2n) is 24.9. The van der Waals surface area contributed by atoms with Crippen molar-refractivity contribution < 1.29 is 24.5 Å². The number of nitrogens with one attached hydrogen (secondary N) is 1. The summed E-state index contributed by atoms with van der Waals surface area (Å²) >= 11 is 0. The van der Waals surface area contributed by atoms with Crippen molar-refractivity contribution in [3.8, 4) is 0 Å². The van der Waals surface area contributed by atoms with Gasteiger partial charge in [0.05, 0.1) is 25.4 Å². The van der Waals surface area contributed by atoms with Crippen LogP contribution in [0.1, 0.15) is 418 Å². The Kier molecular flexibility index (Phi) is 66.4. The smallest absolute Gasteiger partial charge is 0.305 e. The number of carbonyl (C=O) groups is 2. The number of aliphatic hydroxyl groups is 2. The summed E-state index contributed by atoms with van der Waals surface area (Å²) < 4.78 is 5.48. The molecule has 6 nitrogen and oxygen atoms in total. The lowest BCUT2D eigenvalue weighted by Crippen LogP contribution is -2.45. The minimum atomic E-state index is -0.664. The van der Waals surface area contributed by atoms with Gasteiger partial charge in [-0.3, -0.25) is 9.59 Å². The molecule has 3 N–H and O–H groups in total. The third-order valence-electron chi connectivity index (χ3n) is 17.2. The molecule has 1 amide bonds. The minimum Gasteiger partial charge on any atom is -0.466 e. The van der Waals surface area contributed by atoms with E-state index in [0.29, 0.717) is 25.9 Å². The molecule has 0 aromatic heterocycles. The molecule has 0 aromatic rings. The highest BCUT2D eigenvalue weighted by atomic mass is 16.5. The molecule has 0 radical (unpaired) electrons. The number of amides is 1. The lowest BCUT2D eigenvalue weighted by molar-refractivity contribution is -0.143. The van der Waals surface area contributed by atoms with Gasteiger partial charge in [-0.25, -0.2) is 0 Å². The first-order valence-corrected chi connectivity index (χ1v) is 35.8. The fraction of sp³-hybridized carbons (Fsp3) is 0.972. The van der Waals surface area contributed by atoms with E-state index in [1.54, 1.807) is 0 Å². The maximum atomic E-state index is 12.6. The highest BCUT2D eigenvalue weighted by molar-refractivity contribution is 5.76. The second kappa shape index (κ2) is 67.4. The molecule has 2 atom stereocenters. The third kappa shape index (κ3) is 63.9. The van der Waals surface area contributed by atoms with Crippen molar-refractivity contribution in [2.75, 3.05) is 13.2 Å². The first kappa shape index (κ1) is 75.9. The molecule has 0 rings (SSSR count). The molecule has 0 aliphatic rings. The lowest BCUT2D eigenvalue weighted by atomic mass is 10.0. The highest BCUT2D eigenvalue weighted by Crippen LogP contribution is 2.20. The van der Waals surface area contributed by atoms with Gasteiger partial charge in [0.15, 0.2) is 0 Å². The summed E-state index contributed by atoms with van der Waals surface area (Å²) in [6.07, 6.45) is 81.5. The zero-order valence-corrected chi connectivity index (χ0v) is 52.7. The molecule has 2 unspecified atom stereocenters. The van der Waals surface area contributed by atoms with E-state index in [-0.39, 0.29) is 18.5 Å². The average molecular weight is 1090 g/mol. The van der Waals surface area contributed by atoms with Crippen LogP contribution in [-0.4, -0.2) is 47.4 Å². The van der Waals surface area contributed by atoms with E-state index in [0.717, 1.165) is 38.5 Å². The van der Waals surface area contributed by atoms with E-state index in [1.807, 2.05) is 0 Å². The van der Waals surface area contributed by atoms with Crippen LogP contribution < -0.4 is 5.32 Å². The fourth-order valence-corrected chi connectivity index (χ4v) is 11.7. The Morgan fingerprint density at radius 2 is 0.532 bits per heavy atom. The van der Waals surface area contributed by atoms with Crippen LogP contribution in [0.3, 0.4) is 0 Å². The minimum absolute atomic E-state index is 0.0167. The first-order valence-electron chi connectivity index (χ1n) is 35.8. The summed E-state index contributed by atoms with van der Waals surface area (Å²) in [6.45, 7) is 5.00. The quantitative estimate of drug-likeness (QED) is 0.0417. The summed E-state index contributed by atoms with van der Waals surface area (Å²) in [5, 5.41) is 23.5. The maximum Gasteiger partial charge on any atom is 0.305 e. The van der Waals surface area contributed by atoms with Gasteiger partial charge in [0.25, 0.3) is 0 Å². The van der Waals surface area contributed by atoms with Gasteiger partial charge in [-0.1, -0.05) is 380 Å². The standard InChI is InChI=1S/C71H141NO5/c1-3-5-7-9-11-13-15-17-18-19-20-21-22-23-25-28-31-34-37-40-43-47-51-55-59-63-69(74)68(67-73)72-70(75)64-60-56-52-48-44-41-38-35-32-29-26-24-27-30-33-36-39-42-46-50-54-58-62-66-77-71(76)65-61-57-53-49-45-16-14-12-10-8-6-4-2/h68-69,73-74H,3-67H2,1-2H3,(H,72,75). The normalized spacial score (nSPS) is 12.4. The summed E-state index contributed by atoms with van der Waals surface area (Å²) in [6, 6.07) is -0.541. The summed E-state index contributed by atoms with van der Waals surface area (Å²) in [5.41, 5.74) is 0. The van der Waals surface area contributed by atoms with Crippen LogP contribution in [0.2, 0.25) is 0 Å². The zero-order valence-electron chi connectivity index (χ0n) is 52.7. The van der Waals surface area contributed by atoms with Gasteiger partial charge >= 0.3 is 5.97 Å². The molecule has 77 heavy (non-hydrogen) atoms. The van der Waals surface area contributed by atoms with Crippen LogP contribution in [0.5, 0.6) is 0 Å². The number of rotatable bonds is 68. The van der Waals surface area contributed by atoms with Crippen molar-refractivity contribution in [2.45, 2.75) is 431 Å². The largest absolute Gasteiger partial charge is 0.466 e. The molecule has 6 heteroatoms. The number of hydrogen-bond donors (Lipinski definition) is 3. The van der Waals surface area contributed by atoms with Crippen LogP contribution in [0.25, 0.3) is 0 Å². The Morgan fingerprint density at radius 3 is 0.792 bits per heavy atom. The fourth-order valence-electron chi connectivity index (χ4n) is 11.7.